The molecule has 0 spiro atoms. The number of anilines is 3. The van der Waals surface area contributed by atoms with Crippen molar-refractivity contribution in [1.29, 1.82) is 0 Å². The van der Waals surface area contributed by atoms with Crippen molar-refractivity contribution in [3.63, 3.8) is 0 Å². The number of aromatic nitrogens is 1. The fraction of sp³-hybridized carbons (Fsp3) is 0.0625. The third-order valence-electron chi connectivity index (χ3n) is 11.1. The number of benzene rings is 8. The Morgan fingerprint density at radius 2 is 1.19 bits per heavy atom. The van der Waals surface area contributed by atoms with Crippen LogP contribution in [0.2, 0.25) is 0 Å². The van der Waals surface area contributed by atoms with E-state index in [2.05, 4.69) is 146 Å². The van der Waals surface area contributed by atoms with Gasteiger partial charge < -0.3 is 9.32 Å². The average molecular weight is 685 g/mol. The molecule has 52 heavy (non-hydrogen) atoms. The minimum absolute atomic E-state index is 0.116. The van der Waals surface area contributed by atoms with Crippen LogP contribution in [0.4, 0.5) is 17.1 Å². The van der Waals surface area contributed by atoms with Crippen LogP contribution in [0.25, 0.3) is 75.4 Å². The molecular weight excluding hydrogens is 653 g/mol. The van der Waals surface area contributed by atoms with Crippen LogP contribution in [0.1, 0.15) is 25.0 Å². The highest BCUT2D eigenvalue weighted by molar-refractivity contribution is 7.25. The van der Waals surface area contributed by atoms with Crippen LogP contribution in [-0.4, -0.2) is 4.98 Å². The van der Waals surface area contributed by atoms with Gasteiger partial charge in [0.2, 0.25) is 5.89 Å². The molecule has 0 radical (unpaired) electrons. The molecule has 0 aliphatic heterocycles. The molecule has 1 aliphatic rings. The summed E-state index contributed by atoms with van der Waals surface area (Å²) in [6.45, 7) is 4.70. The second kappa shape index (κ2) is 10.9. The predicted octanol–water partition coefficient (Wildman–Crippen LogP) is 13.9. The van der Waals surface area contributed by atoms with Crippen LogP contribution < -0.4 is 4.90 Å². The van der Waals surface area contributed by atoms with Gasteiger partial charge in [-0.25, -0.2) is 4.98 Å². The lowest BCUT2D eigenvalue weighted by molar-refractivity contribution is 0.623. The SMILES string of the molecule is CC1(C)c2ccccc2-c2ccc(N(c3ccc4sc5ccccc5c4c3)c3ccc4ccc5ccc6nc(-c7ccccc7)oc6c5c4c3)cc21. The summed E-state index contributed by atoms with van der Waals surface area (Å²) in [4.78, 5) is 7.36. The van der Waals surface area contributed by atoms with Gasteiger partial charge in [0.25, 0.3) is 0 Å². The lowest BCUT2D eigenvalue weighted by atomic mass is 9.82. The van der Waals surface area contributed by atoms with Gasteiger partial charge in [-0.15, -0.1) is 11.3 Å². The van der Waals surface area contributed by atoms with Gasteiger partial charge in [-0.05, 0) is 105 Å². The van der Waals surface area contributed by atoms with E-state index in [9.17, 15) is 0 Å². The zero-order valence-electron chi connectivity index (χ0n) is 28.7. The van der Waals surface area contributed by atoms with E-state index in [-0.39, 0.29) is 5.41 Å². The van der Waals surface area contributed by atoms with Crippen molar-refractivity contribution in [2.75, 3.05) is 4.90 Å². The molecule has 2 aromatic heterocycles. The monoisotopic (exact) mass is 684 g/mol. The van der Waals surface area contributed by atoms with Crippen molar-refractivity contribution in [3.05, 3.63) is 169 Å². The third-order valence-corrected chi connectivity index (χ3v) is 12.2. The highest BCUT2D eigenvalue weighted by Gasteiger charge is 2.35. The summed E-state index contributed by atoms with van der Waals surface area (Å²) in [7, 11) is 0. The molecule has 1 aliphatic carbocycles. The Labute approximate surface area is 305 Å². The smallest absolute Gasteiger partial charge is 0.227 e. The summed E-state index contributed by atoms with van der Waals surface area (Å²) < 4.78 is 9.21. The largest absolute Gasteiger partial charge is 0.435 e. The van der Waals surface area contributed by atoms with Gasteiger partial charge in [-0.3, -0.25) is 0 Å². The Morgan fingerprint density at radius 3 is 2.10 bits per heavy atom. The molecule has 0 amide bonds. The second-order valence-corrected chi connectivity index (χ2v) is 15.5. The summed E-state index contributed by atoms with van der Waals surface area (Å²) in [6, 6.07) is 57.2. The van der Waals surface area contributed by atoms with Crippen LogP contribution in [0, 0.1) is 0 Å². The van der Waals surface area contributed by atoms with Gasteiger partial charge in [-0.1, -0.05) is 105 Å². The van der Waals surface area contributed by atoms with Gasteiger partial charge in [0, 0.05) is 53.6 Å². The Balaban J connectivity index is 1.16. The van der Waals surface area contributed by atoms with Gasteiger partial charge in [0.15, 0.2) is 5.58 Å². The first-order valence-corrected chi connectivity index (χ1v) is 18.6. The van der Waals surface area contributed by atoms with Crippen molar-refractivity contribution < 1.29 is 4.42 Å². The van der Waals surface area contributed by atoms with Crippen LogP contribution in [-0.2, 0) is 5.41 Å². The van der Waals surface area contributed by atoms with Gasteiger partial charge in [-0.2, -0.15) is 0 Å². The Hall–Kier alpha value is -6.23. The first-order chi connectivity index (χ1) is 25.5. The predicted molar refractivity (Wildman–Crippen MR) is 220 cm³/mol. The molecule has 246 valence electrons. The van der Waals surface area contributed by atoms with Gasteiger partial charge in [0.1, 0.15) is 5.52 Å². The fourth-order valence-electron chi connectivity index (χ4n) is 8.48. The molecule has 3 nitrogen and oxygen atoms in total. The maximum absolute atomic E-state index is 6.61. The first-order valence-electron chi connectivity index (χ1n) is 17.8. The zero-order chi connectivity index (χ0) is 34.6. The van der Waals surface area contributed by atoms with E-state index >= 15 is 0 Å². The topological polar surface area (TPSA) is 29.3 Å². The minimum atomic E-state index is -0.116. The Morgan fingerprint density at radius 1 is 0.538 bits per heavy atom. The molecule has 0 fully saturated rings. The number of fused-ring (bicyclic) bond motifs is 11. The molecule has 2 heterocycles. The summed E-state index contributed by atoms with van der Waals surface area (Å²) in [6.07, 6.45) is 0. The van der Waals surface area contributed by atoms with E-state index in [4.69, 9.17) is 9.40 Å². The van der Waals surface area contributed by atoms with Crippen molar-refractivity contribution >= 4 is 81.2 Å². The number of hydrogen-bond acceptors (Lipinski definition) is 4. The third kappa shape index (κ3) is 4.28. The number of oxazole rings is 1. The van der Waals surface area contributed by atoms with E-state index < -0.39 is 0 Å². The number of rotatable bonds is 4. The molecule has 0 N–H and O–H groups in total. The second-order valence-electron chi connectivity index (χ2n) is 14.4. The molecule has 0 atom stereocenters. The molecule has 8 aromatic carbocycles. The summed E-state index contributed by atoms with van der Waals surface area (Å²) >= 11 is 1.85. The maximum Gasteiger partial charge on any atom is 0.227 e. The van der Waals surface area contributed by atoms with Crippen LogP contribution >= 0.6 is 11.3 Å². The van der Waals surface area contributed by atoms with E-state index in [1.807, 2.05) is 41.7 Å². The lowest BCUT2D eigenvalue weighted by Crippen LogP contribution is -2.16. The molecule has 0 saturated heterocycles. The maximum atomic E-state index is 6.61. The number of thiophene rings is 1. The zero-order valence-corrected chi connectivity index (χ0v) is 29.5. The lowest BCUT2D eigenvalue weighted by Gasteiger charge is -2.28. The quantitative estimate of drug-likeness (QED) is 0.173. The van der Waals surface area contributed by atoms with Gasteiger partial charge >= 0.3 is 0 Å². The molecule has 10 aromatic rings. The molecule has 0 bridgehead atoms. The first kappa shape index (κ1) is 29.5. The minimum Gasteiger partial charge on any atom is -0.435 e. The molecule has 0 saturated carbocycles. The van der Waals surface area contributed by atoms with E-state index in [1.165, 1.54) is 42.4 Å². The van der Waals surface area contributed by atoms with Crippen molar-refractivity contribution in [2.24, 2.45) is 0 Å². The fourth-order valence-corrected chi connectivity index (χ4v) is 9.57. The highest BCUT2D eigenvalue weighted by Crippen LogP contribution is 2.51. The number of nitrogens with zero attached hydrogens (tertiary/aromatic N) is 2. The van der Waals surface area contributed by atoms with Crippen LogP contribution in [0.15, 0.2) is 162 Å². The number of hydrogen-bond donors (Lipinski definition) is 0. The van der Waals surface area contributed by atoms with Crippen LogP contribution in [0.3, 0.4) is 0 Å². The van der Waals surface area contributed by atoms with E-state index in [0.29, 0.717) is 5.89 Å². The Bertz CT molecular complexity index is 3060. The van der Waals surface area contributed by atoms with Crippen LogP contribution in [0.5, 0.6) is 0 Å². The average Bonchev–Trinajstić information content (AvgIpc) is 3.86. The van der Waals surface area contributed by atoms with Crippen molar-refractivity contribution in [1.82, 2.24) is 4.98 Å². The summed E-state index contributed by atoms with van der Waals surface area (Å²) in [5.41, 5.74) is 11.2. The van der Waals surface area contributed by atoms with Crippen molar-refractivity contribution in [3.8, 4) is 22.6 Å². The van der Waals surface area contributed by atoms with Gasteiger partial charge in [0.05, 0.1) is 0 Å². The highest BCUT2D eigenvalue weighted by atomic mass is 32.1. The normalized spacial score (nSPS) is 13.3. The molecule has 11 rings (SSSR count). The Kier molecular flexibility index (Phi) is 6.17. The van der Waals surface area contributed by atoms with E-state index in [1.54, 1.807) is 0 Å². The van der Waals surface area contributed by atoms with Crippen molar-refractivity contribution in [2.45, 2.75) is 19.3 Å². The molecule has 4 heteroatoms. The molecule has 0 unspecified atom stereocenters. The molecular formula is C48H32N2OS. The summed E-state index contributed by atoms with van der Waals surface area (Å²) in [5, 5.41) is 7.07. The van der Waals surface area contributed by atoms with E-state index in [0.717, 1.165) is 55.3 Å². The summed E-state index contributed by atoms with van der Waals surface area (Å²) in [5.74, 6) is 0.635. The standard InChI is InChI=1S/C48H32N2OS/c1-48(2)40-14-8-6-12-35(40)36-23-21-34(28-41(36)48)50(33-22-25-44-39(27-33)37-13-7-9-15-43(37)52-44)32-20-18-29-16-17-30-19-24-42-46(45(30)38(29)26-32)51-47(49-42)31-10-4-3-5-11-31/h3-28H,1-2H3.